The van der Waals surface area contributed by atoms with Gasteiger partial charge < -0.3 is 11.1 Å². The van der Waals surface area contributed by atoms with E-state index in [9.17, 15) is 4.79 Å². The number of primary amides is 1. The topological polar surface area (TPSA) is 55.1 Å². The van der Waals surface area contributed by atoms with Crippen molar-refractivity contribution in [2.75, 3.05) is 13.1 Å². The van der Waals surface area contributed by atoms with Gasteiger partial charge >= 0.3 is 0 Å². The van der Waals surface area contributed by atoms with Gasteiger partial charge in [0.2, 0.25) is 5.91 Å². The van der Waals surface area contributed by atoms with Crippen LogP contribution in [0.1, 0.15) is 23.1 Å². The summed E-state index contributed by atoms with van der Waals surface area (Å²) in [6.07, 6.45) is 0.950. The van der Waals surface area contributed by atoms with Crippen molar-refractivity contribution in [3.05, 3.63) is 71.3 Å². The second-order valence-electron chi connectivity index (χ2n) is 6.10. The molecule has 2 aromatic carbocycles. The summed E-state index contributed by atoms with van der Waals surface area (Å²) in [5.41, 5.74) is 8.36. The van der Waals surface area contributed by atoms with Gasteiger partial charge in [-0.1, -0.05) is 60.2 Å². The van der Waals surface area contributed by atoms with Crippen LogP contribution in [0.25, 0.3) is 0 Å². The third-order valence-corrected chi connectivity index (χ3v) is 4.76. The van der Waals surface area contributed by atoms with Crippen LogP contribution in [0.5, 0.6) is 0 Å². The van der Waals surface area contributed by atoms with E-state index in [4.69, 9.17) is 5.73 Å². The lowest BCUT2D eigenvalue weighted by Gasteiger charge is -2.37. The molecule has 0 aliphatic carbocycles. The van der Waals surface area contributed by atoms with Gasteiger partial charge in [0, 0.05) is 0 Å². The minimum Gasteiger partial charge on any atom is -0.369 e. The van der Waals surface area contributed by atoms with Gasteiger partial charge in [0.15, 0.2) is 0 Å². The van der Waals surface area contributed by atoms with Crippen LogP contribution in [0.4, 0.5) is 0 Å². The molecule has 3 heteroatoms. The van der Waals surface area contributed by atoms with Gasteiger partial charge in [-0.2, -0.15) is 0 Å². The van der Waals surface area contributed by atoms with Crippen molar-refractivity contribution in [3.8, 4) is 0 Å². The first kappa shape index (κ1) is 14.8. The number of nitrogens with one attached hydrogen (secondary N) is 1. The molecule has 0 radical (unpaired) electrons. The SMILES string of the molecule is Cc1cccc(C(C(N)=O)(c2ccccc2)[C@@H]2CCNC2)c1. The molecule has 3 rings (SSSR count). The first-order valence-electron chi connectivity index (χ1n) is 7.79. The van der Waals surface area contributed by atoms with Gasteiger partial charge in [0.1, 0.15) is 5.41 Å². The van der Waals surface area contributed by atoms with Gasteiger partial charge in [0.05, 0.1) is 0 Å². The monoisotopic (exact) mass is 294 g/mol. The molecule has 3 N–H and O–H groups in total. The van der Waals surface area contributed by atoms with Gasteiger partial charge in [-0.3, -0.25) is 4.79 Å². The first-order valence-corrected chi connectivity index (χ1v) is 7.79. The Morgan fingerprint density at radius 3 is 2.45 bits per heavy atom. The van der Waals surface area contributed by atoms with Gasteiger partial charge in [-0.15, -0.1) is 0 Å². The predicted molar refractivity (Wildman–Crippen MR) is 88.6 cm³/mol. The Morgan fingerprint density at radius 2 is 1.86 bits per heavy atom. The maximum atomic E-state index is 12.7. The lowest BCUT2D eigenvalue weighted by Crippen LogP contribution is -2.49. The summed E-state index contributed by atoms with van der Waals surface area (Å²) >= 11 is 0. The Morgan fingerprint density at radius 1 is 1.14 bits per heavy atom. The van der Waals surface area contributed by atoms with E-state index in [1.54, 1.807) is 0 Å². The lowest BCUT2D eigenvalue weighted by molar-refractivity contribution is -0.123. The Hall–Kier alpha value is -2.13. The highest BCUT2D eigenvalue weighted by Crippen LogP contribution is 2.42. The summed E-state index contributed by atoms with van der Waals surface area (Å²) in [6.45, 7) is 3.79. The molecule has 1 aliphatic heterocycles. The van der Waals surface area contributed by atoms with Crippen molar-refractivity contribution in [1.82, 2.24) is 5.32 Å². The largest absolute Gasteiger partial charge is 0.369 e. The van der Waals surface area contributed by atoms with E-state index >= 15 is 0 Å². The third kappa shape index (κ3) is 2.32. The van der Waals surface area contributed by atoms with Crippen molar-refractivity contribution in [2.24, 2.45) is 11.7 Å². The van der Waals surface area contributed by atoms with E-state index in [-0.39, 0.29) is 11.8 Å². The van der Waals surface area contributed by atoms with Crippen LogP contribution in [0.15, 0.2) is 54.6 Å². The summed E-state index contributed by atoms with van der Waals surface area (Å²) < 4.78 is 0. The Labute approximate surface area is 131 Å². The first-order chi connectivity index (χ1) is 10.7. The van der Waals surface area contributed by atoms with Gasteiger partial charge in [-0.25, -0.2) is 0 Å². The molecule has 1 amide bonds. The molecule has 1 fully saturated rings. The average molecular weight is 294 g/mol. The van der Waals surface area contributed by atoms with E-state index in [2.05, 4.69) is 11.4 Å². The van der Waals surface area contributed by atoms with E-state index < -0.39 is 5.41 Å². The van der Waals surface area contributed by atoms with E-state index in [0.29, 0.717) is 0 Å². The highest BCUT2D eigenvalue weighted by atomic mass is 16.1. The van der Waals surface area contributed by atoms with Crippen LogP contribution >= 0.6 is 0 Å². The molecule has 0 bridgehead atoms. The number of carbonyl (C=O) groups is 1. The number of nitrogens with two attached hydrogens (primary N) is 1. The van der Waals surface area contributed by atoms with Gasteiger partial charge in [-0.05, 0) is 43.5 Å². The van der Waals surface area contributed by atoms with Crippen LogP contribution in [-0.2, 0) is 10.2 Å². The van der Waals surface area contributed by atoms with Crippen LogP contribution in [-0.4, -0.2) is 19.0 Å². The summed E-state index contributed by atoms with van der Waals surface area (Å²) in [7, 11) is 0. The molecule has 2 atom stereocenters. The molecule has 22 heavy (non-hydrogen) atoms. The van der Waals surface area contributed by atoms with Crippen molar-refractivity contribution in [3.63, 3.8) is 0 Å². The van der Waals surface area contributed by atoms with Crippen molar-refractivity contribution in [2.45, 2.75) is 18.8 Å². The van der Waals surface area contributed by atoms with Gasteiger partial charge in [0.25, 0.3) is 0 Å². The summed E-state index contributed by atoms with van der Waals surface area (Å²) in [4.78, 5) is 12.7. The Balaban J connectivity index is 2.26. The molecule has 3 nitrogen and oxygen atoms in total. The van der Waals surface area contributed by atoms with Crippen molar-refractivity contribution < 1.29 is 4.79 Å². The maximum absolute atomic E-state index is 12.7. The van der Waals surface area contributed by atoms with Crippen molar-refractivity contribution in [1.29, 1.82) is 0 Å². The highest BCUT2D eigenvalue weighted by molar-refractivity contribution is 5.91. The Kier molecular flexibility index (Phi) is 3.99. The normalized spacial score (nSPS) is 20.5. The maximum Gasteiger partial charge on any atom is 0.232 e. The quantitative estimate of drug-likeness (QED) is 0.909. The second-order valence-corrected chi connectivity index (χ2v) is 6.10. The van der Waals surface area contributed by atoms with E-state index in [0.717, 1.165) is 36.2 Å². The van der Waals surface area contributed by atoms with E-state index in [1.807, 2.05) is 55.5 Å². The third-order valence-electron chi connectivity index (χ3n) is 4.76. The second kappa shape index (κ2) is 5.93. The molecular weight excluding hydrogens is 272 g/mol. The highest BCUT2D eigenvalue weighted by Gasteiger charge is 2.48. The van der Waals surface area contributed by atoms with Crippen LogP contribution < -0.4 is 11.1 Å². The fraction of sp³-hybridized carbons (Fsp3) is 0.316. The number of rotatable bonds is 4. The summed E-state index contributed by atoms with van der Waals surface area (Å²) in [5.74, 6) is -0.0906. The summed E-state index contributed by atoms with van der Waals surface area (Å²) in [6, 6.07) is 18.1. The molecule has 114 valence electrons. The fourth-order valence-corrected chi connectivity index (χ4v) is 3.74. The molecule has 1 heterocycles. The number of hydrogen-bond donors (Lipinski definition) is 2. The minimum atomic E-state index is -0.767. The van der Waals surface area contributed by atoms with Crippen LogP contribution in [0.3, 0.4) is 0 Å². The smallest absolute Gasteiger partial charge is 0.232 e. The number of hydrogen-bond acceptors (Lipinski definition) is 2. The number of carbonyl (C=O) groups excluding carboxylic acids is 1. The molecular formula is C19H22N2O. The number of benzene rings is 2. The molecule has 1 saturated heterocycles. The molecule has 1 unspecified atom stereocenters. The Bertz CT molecular complexity index is 662. The molecule has 0 saturated carbocycles. The molecule has 0 spiro atoms. The summed E-state index contributed by atoms with van der Waals surface area (Å²) in [5, 5.41) is 3.38. The zero-order valence-electron chi connectivity index (χ0n) is 12.9. The fourth-order valence-electron chi connectivity index (χ4n) is 3.74. The predicted octanol–water partition coefficient (Wildman–Crippen LogP) is 2.38. The van der Waals surface area contributed by atoms with Crippen molar-refractivity contribution >= 4 is 5.91 Å². The zero-order valence-corrected chi connectivity index (χ0v) is 12.9. The lowest BCUT2D eigenvalue weighted by atomic mass is 9.64. The average Bonchev–Trinajstić information content (AvgIpc) is 3.03. The van der Waals surface area contributed by atoms with Crippen LogP contribution in [0.2, 0.25) is 0 Å². The van der Waals surface area contributed by atoms with Crippen LogP contribution in [0, 0.1) is 12.8 Å². The number of aryl methyl sites for hydroxylation is 1. The molecule has 0 aromatic heterocycles. The van der Waals surface area contributed by atoms with E-state index in [1.165, 1.54) is 0 Å². The molecule has 1 aliphatic rings. The number of amides is 1. The minimum absolute atomic E-state index is 0.175. The zero-order chi connectivity index (χ0) is 15.6. The standard InChI is InChI=1S/C19H22N2O/c1-14-6-5-9-16(12-14)19(18(20)22,17-10-11-21-13-17)15-7-3-2-4-8-15/h2-9,12,17,21H,10-11,13H2,1H3,(H2,20,22)/t17-,19?/m1/s1. The molecule has 2 aromatic rings.